The number of nitrogen functional groups attached to an aromatic ring is 1. The molecular weight excluding hydrogens is 212 g/mol. The predicted molar refractivity (Wildman–Crippen MR) is 70.7 cm³/mol. The molecule has 1 heterocycles. The molecular formula is C14H22N2O. The van der Waals surface area contributed by atoms with Crippen LogP contribution in [-0.2, 0) is 0 Å². The van der Waals surface area contributed by atoms with Gasteiger partial charge in [0.1, 0.15) is 0 Å². The smallest absolute Gasteiger partial charge is 0.0917 e. The number of nitrogens with zero attached hydrogens (tertiary/aromatic N) is 1. The molecule has 1 aliphatic heterocycles. The van der Waals surface area contributed by atoms with Crippen molar-refractivity contribution in [1.82, 2.24) is 4.90 Å². The molecule has 3 N–H and O–H groups in total. The van der Waals surface area contributed by atoms with Crippen molar-refractivity contribution in [1.29, 1.82) is 0 Å². The molecule has 2 atom stereocenters. The largest absolute Gasteiger partial charge is 0.399 e. The molecule has 17 heavy (non-hydrogen) atoms. The van der Waals surface area contributed by atoms with Gasteiger partial charge in [-0.3, -0.25) is 0 Å². The Kier molecular flexibility index (Phi) is 4.02. The van der Waals surface area contributed by atoms with Crippen LogP contribution < -0.4 is 5.73 Å². The molecule has 2 unspecified atom stereocenters. The predicted octanol–water partition coefficient (Wildman–Crippen LogP) is 2.03. The number of hydrogen-bond acceptors (Lipinski definition) is 3. The molecule has 3 heteroatoms. The monoisotopic (exact) mass is 234 g/mol. The Hall–Kier alpha value is -1.06. The first-order valence-electron chi connectivity index (χ1n) is 6.41. The lowest BCUT2D eigenvalue weighted by atomic mass is 9.99. The number of piperidine rings is 1. The minimum Gasteiger partial charge on any atom is -0.399 e. The Labute approximate surface area is 103 Å². The molecule has 0 bridgehead atoms. The van der Waals surface area contributed by atoms with Crippen LogP contribution in [0, 0.1) is 5.92 Å². The van der Waals surface area contributed by atoms with E-state index >= 15 is 0 Å². The van der Waals surface area contributed by atoms with Gasteiger partial charge in [-0.05, 0) is 43.0 Å². The van der Waals surface area contributed by atoms with Crippen molar-refractivity contribution in [2.24, 2.45) is 5.92 Å². The summed E-state index contributed by atoms with van der Waals surface area (Å²) in [7, 11) is 0. The number of benzene rings is 1. The Morgan fingerprint density at radius 2 is 2.35 bits per heavy atom. The van der Waals surface area contributed by atoms with E-state index < -0.39 is 6.10 Å². The zero-order valence-corrected chi connectivity index (χ0v) is 10.5. The van der Waals surface area contributed by atoms with Gasteiger partial charge in [-0.2, -0.15) is 0 Å². The van der Waals surface area contributed by atoms with Crippen LogP contribution in [-0.4, -0.2) is 29.6 Å². The highest BCUT2D eigenvalue weighted by Gasteiger charge is 2.19. The summed E-state index contributed by atoms with van der Waals surface area (Å²) in [5, 5.41) is 10.2. The van der Waals surface area contributed by atoms with Crippen LogP contribution in [0.4, 0.5) is 5.69 Å². The van der Waals surface area contributed by atoms with Gasteiger partial charge < -0.3 is 15.7 Å². The summed E-state index contributed by atoms with van der Waals surface area (Å²) in [6.07, 6.45) is 2.12. The summed E-state index contributed by atoms with van der Waals surface area (Å²) in [6, 6.07) is 7.54. The molecule has 0 aromatic heterocycles. The summed E-state index contributed by atoms with van der Waals surface area (Å²) >= 11 is 0. The SMILES string of the molecule is CC1CCCN(CC(O)c2cccc(N)c2)C1. The van der Waals surface area contributed by atoms with Crippen molar-refractivity contribution < 1.29 is 5.11 Å². The average Bonchev–Trinajstić information content (AvgIpc) is 2.29. The summed E-state index contributed by atoms with van der Waals surface area (Å²) in [5.74, 6) is 0.747. The van der Waals surface area contributed by atoms with E-state index in [0.717, 1.165) is 24.6 Å². The second-order valence-corrected chi connectivity index (χ2v) is 5.19. The van der Waals surface area contributed by atoms with E-state index in [0.29, 0.717) is 12.2 Å². The second kappa shape index (κ2) is 5.52. The standard InChI is InChI=1S/C14H22N2O/c1-11-4-3-7-16(9-11)10-14(17)12-5-2-6-13(15)8-12/h2,5-6,8,11,14,17H,3-4,7,9-10,15H2,1H3. The number of rotatable bonds is 3. The third kappa shape index (κ3) is 3.45. The first-order chi connectivity index (χ1) is 8.15. The molecule has 94 valence electrons. The number of hydrogen-bond donors (Lipinski definition) is 2. The number of β-amino-alcohol motifs (C(OH)–C–C–N with tert-alkyl or cyclic N) is 1. The fraction of sp³-hybridized carbons (Fsp3) is 0.571. The maximum atomic E-state index is 10.2. The lowest BCUT2D eigenvalue weighted by Crippen LogP contribution is -2.37. The summed E-state index contributed by atoms with van der Waals surface area (Å²) in [4.78, 5) is 2.35. The Morgan fingerprint density at radius 3 is 3.06 bits per heavy atom. The van der Waals surface area contributed by atoms with E-state index in [9.17, 15) is 5.11 Å². The number of nitrogens with two attached hydrogens (primary N) is 1. The highest BCUT2D eigenvalue weighted by atomic mass is 16.3. The fourth-order valence-electron chi connectivity index (χ4n) is 2.57. The average molecular weight is 234 g/mol. The van der Waals surface area contributed by atoms with E-state index in [1.807, 2.05) is 24.3 Å². The highest BCUT2D eigenvalue weighted by Crippen LogP contribution is 2.21. The van der Waals surface area contributed by atoms with Gasteiger partial charge in [0.25, 0.3) is 0 Å². The number of anilines is 1. The van der Waals surface area contributed by atoms with Gasteiger partial charge in [0.05, 0.1) is 6.10 Å². The van der Waals surface area contributed by atoms with Crippen molar-refractivity contribution >= 4 is 5.69 Å². The molecule has 0 saturated carbocycles. The molecule has 2 rings (SSSR count). The third-order valence-corrected chi connectivity index (χ3v) is 3.47. The summed E-state index contributed by atoms with van der Waals surface area (Å²) < 4.78 is 0. The van der Waals surface area contributed by atoms with Gasteiger partial charge >= 0.3 is 0 Å². The quantitative estimate of drug-likeness (QED) is 0.787. The van der Waals surface area contributed by atoms with Crippen LogP contribution in [0.3, 0.4) is 0 Å². The molecule has 0 radical (unpaired) electrons. The van der Waals surface area contributed by atoms with Crippen molar-refractivity contribution in [2.45, 2.75) is 25.9 Å². The lowest BCUT2D eigenvalue weighted by Gasteiger charge is -2.32. The summed E-state index contributed by atoms with van der Waals surface area (Å²) in [5.41, 5.74) is 7.36. The van der Waals surface area contributed by atoms with Crippen LogP contribution in [0.5, 0.6) is 0 Å². The van der Waals surface area contributed by atoms with Gasteiger partial charge in [0.15, 0.2) is 0 Å². The van der Waals surface area contributed by atoms with Crippen LogP contribution in [0.1, 0.15) is 31.4 Å². The molecule has 0 aliphatic carbocycles. The zero-order valence-electron chi connectivity index (χ0n) is 10.5. The minimum atomic E-state index is -0.427. The second-order valence-electron chi connectivity index (χ2n) is 5.19. The molecule has 1 aliphatic rings. The highest BCUT2D eigenvalue weighted by molar-refractivity contribution is 5.41. The van der Waals surface area contributed by atoms with Crippen molar-refractivity contribution in [3.63, 3.8) is 0 Å². The van der Waals surface area contributed by atoms with Gasteiger partial charge in [-0.25, -0.2) is 0 Å². The minimum absolute atomic E-state index is 0.427. The Balaban J connectivity index is 1.94. The van der Waals surface area contributed by atoms with E-state index in [-0.39, 0.29) is 0 Å². The number of likely N-dealkylation sites (tertiary alicyclic amines) is 1. The number of aliphatic hydroxyl groups is 1. The van der Waals surface area contributed by atoms with E-state index in [4.69, 9.17) is 5.73 Å². The number of aliphatic hydroxyl groups excluding tert-OH is 1. The zero-order chi connectivity index (χ0) is 12.3. The van der Waals surface area contributed by atoms with Crippen molar-refractivity contribution in [3.05, 3.63) is 29.8 Å². The topological polar surface area (TPSA) is 49.5 Å². The Morgan fingerprint density at radius 1 is 1.53 bits per heavy atom. The van der Waals surface area contributed by atoms with Gasteiger partial charge in [-0.15, -0.1) is 0 Å². The van der Waals surface area contributed by atoms with Crippen LogP contribution in [0.15, 0.2) is 24.3 Å². The van der Waals surface area contributed by atoms with Crippen molar-refractivity contribution in [3.8, 4) is 0 Å². The first kappa shape index (κ1) is 12.4. The maximum Gasteiger partial charge on any atom is 0.0917 e. The van der Waals surface area contributed by atoms with Crippen LogP contribution in [0.2, 0.25) is 0 Å². The third-order valence-electron chi connectivity index (χ3n) is 3.47. The van der Waals surface area contributed by atoms with Gasteiger partial charge in [0.2, 0.25) is 0 Å². The lowest BCUT2D eigenvalue weighted by molar-refractivity contribution is 0.0876. The van der Waals surface area contributed by atoms with E-state index in [2.05, 4.69) is 11.8 Å². The van der Waals surface area contributed by atoms with Crippen LogP contribution in [0.25, 0.3) is 0 Å². The molecule has 1 fully saturated rings. The molecule has 1 aromatic rings. The van der Waals surface area contributed by atoms with Gasteiger partial charge in [0, 0.05) is 18.8 Å². The van der Waals surface area contributed by atoms with E-state index in [1.54, 1.807) is 0 Å². The van der Waals surface area contributed by atoms with Gasteiger partial charge in [-0.1, -0.05) is 19.1 Å². The first-order valence-corrected chi connectivity index (χ1v) is 6.41. The maximum absolute atomic E-state index is 10.2. The molecule has 0 spiro atoms. The molecule has 1 saturated heterocycles. The molecule has 3 nitrogen and oxygen atoms in total. The molecule has 0 amide bonds. The molecule has 1 aromatic carbocycles. The normalized spacial score (nSPS) is 23.5. The summed E-state index contributed by atoms with van der Waals surface area (Å²) in [6.45, 7) is 5.19. The van der Waals surface area contributed by atoms with Crippen LogP contribution >= 0.6 is 0 Å². The fourth-order valence-corrected chi connectivity index (χ4v) is 2.57. The Bertz CT molecular complexity index is 367. The van der Waals surface area contributed by atoms with E-state index in [1.165, 1.54) is 12.8 Å². The van der Waals surface area contributed by atoms with Crippen molar-refractivity contribution in [2.75, 3.05) is 25.4 Å².